The van der Waals surface area contributed by atoms with Crippen LogP contribution in [0.15, 0.2) is 30.3 Å². The summed E-state index contributed by atoms with van der Waals surface area (Å²) in [4.78, 5) is 11.7. The zero-order chi connectivity index (χ0) is 12.5. The zero-order valence-electron chi connectivity index (χ0n) is 10.2. The Kier molecular flexibility index (Phi) is 6.29. The molecule has 0 aromatic heterocycles. The Labute approximate surface area is 102 Å². The fourth-order valence-corrected chi connectivity index (χ4v) is 1.50. The second-order valence-corrected chi connectivity index (χ2v) is 3.88. The molecule has 1 rings (SSSR count). The highest BCUT2D eigenvalue weighted by Gasteiger charge is 2.14. The second-order valence-electron chi connectivity index (χ2n) is 3.88. The third kappa shape index (κ3) is 4.97. The van der Waals surface area contributed by atoms with E-state index in [0.717, 1.165) is 25.0 Å². The van der Waals surface area contributed by atoms with Crippen molar-refractivity contribution in [2.24, 2.45) is 5.73 Å². The molecule has 0 aliphatic heterocycles. The van der Waals surface area contributed by atoms with Crippen LogP contribution in [0.3, 0.4) is 0 Å². The van der Waals surface area contributed by atoms with Gasteiger partial charge in [0, 0.05) is 20.3 Å². The molecular formula is C13H20N2O2. The first-order chi connectivity index (χ1) is 8.25. The summed E-state index contributed by atoms with van der Waals surface area (Å²) in [5.74, 6) is -0.131. The number of amides is 1. The lowest BCUT2D eigenvalue weighted by Crippen LogP contribution is -2.34. The molecule has 17 heavy (non-hydrogen) atoms. The molecule has 0 spiro atoms. The molecule has 94 valence electrons. The van der Waals surface area contributed by atoms with Crippen molar-refractivity contribution in [3.05, 3.63) is 35.9 Å². The number of carbonyl (C=O) groups is 1. The SMILES string of the molecule is COCCCCNC(=O)C(N)c1ccccc1. The van der Waals surface area contributed by atoms with Crippen LogP contribution in [0.2, 0.25) is 0 Å². The van der Waals surface area contributed by atoms with E-state index in [9.17, 15) is 4.79 Å². The minimum absolute atomic E-state index is 0.131. The van der Waals surface area contributed by atoms with E-state index in [1.165, 1.54) is 0 Å². The molecule has 1 amide bonds. The lowest BCUT2D eigenvalue weighted by Gasteiger charge is -2.12. The summed E-state index contributed by atoms with van der Waals surface area (Å²) in [6.45, 7) is 1.36. The Morgan fingerprint density at radius 3 is 2.71 bits per heavy atom. The standard InChI is InChI=1S/C13H20N2O2/c1-17-10-6-5-9-15-13(16)12(14)11-7-3-2-4-8-11/h2-4,7-8,12H,5-6,9-10,14H2,1H3,(H,15,16). The van der Waals surface area contributed by atoms with Crippen LogP contribution in [0.25, 0.3) is 0 Å². The summed E-state index contributed by atoms with van der Waals surface area (Å²) in [5.41, 5.74) is 6.68. The van der Waals surface area contributed by atoms with Crippen LogP contribution in [0.5, 0.6) is 0 Å². The minimum atomic E-state index is -0.585. The van der Waals surface area contributed by atoms with Gasteiger partial charge in [0.2, 0.25) is 5.91 Å². The average Bonchev–Trinajstić information content (AvgIpc) is 2.38. The molecule has 0 radical (unpaired) electrons. The van der Waals surface area contributed by atoms with Crippen molar-refractivity contribution in [2.75, 3.05) is 20.3 Å². The van der Waals surface area contributed by atoms with Gasteiger partial charge in [0.05, 0.1) is 0 Å². The summed E-state index contributed by atoms with van der Waals surface area (Å²) in [7, 11) is 1.67. The predicted octanol–water partition coefficient (Wildman–Crippen LogP) is 1.23. The lowest BCUT2D eigenvalue weighted by molar-refractivity contribution is -0.122. The normalized spacial score (nSPS) is 12.1. The Hall–Kier alpha value is -1.39. The Morgan fingerprint density at radius 2 is 2.06 bits per heavy atom. The van der Waals surface area contributed by atoms with Crippen molar-refractivity contribution >= 4 is 5.91 Å². The largest absolute Gasteiger partial charge is 0.385 e. The van der Waals surface area contributed by atoms with Gasteiger partial charge in [-0.2, -0.15) is 0 Å². The Bertz CT molecular complexity index is 327. The van der Waals surface area contributed by atoms with Gasteiger partial charge < -0.3 is 15.8 Å². The average molecular weight is 236 g/mol. The van der Waals surface area contributed by atoms with Crippen molar-refractivity contribution in [3.8, 4) is 0 Å². The number of nitrogens with one attached hydrogen (secondary N) is 1. The van der Waals surface area contributed by atoms with Gasteiger partial charge in [-0.05, 0) is 18.4 Å². The smallest absolute Gasteiger partial charge is 0.241 e. The maximum atomic E-state index is 11.7. The first-order valence-electron chi connectivity index (χ1n) is 5.83. The van der Waals surface area contributed by atoms with Crippen LogP contribution in [0.4, 0.5) is 0 Å². The van der Waals surface area contributed by atoms with Crippen LogP contribution in [0.1, 0.15) is 24.4 Å². The fourth-order valence-electron chi connectivity index (χ4n) is 1.50. The molecule has 0 fully saturated rings. The second kappa shape index (κ2) is 7.81. The first kappa shape index (κ1) is 13.7. The molecule has 0 heterocycles. The number of methoxy groups -OCH3 is 1. The fraction of sp³-hybridized carbons (Fsp3) is 0.462. The highest BCUT2D eigenvalue weighted by molar-refractivity contribution is 5.82. The number of unbranched alkanes of at least 4 members (excludes halogenated alkanes) is 1. The summed E-state index contributed by atoms with van der Waals surface area (Å²) < 4.78 is 4.93. The van der Waals surface area contributed by atoms with E-state index in [1.807, 2.05) is 30.3 Å². The molecule has 0 aliphatic carbocycles. The molecule has 1 unspecified atom stereocenters. The third-order valence-electron chi connectivity index (χ3n) is 2.52. The van der Waals surface area contributed by atoms with Gasteiger partial charge in [-0.25, -0.2) is 0 Å². The Morgan fingerprint density at radius 1 is 1.35 bits per heavy atom. The number of carbonyl (C=O) groups excluding carboxylic acids is 1. The molecule has 1 aromatic rings. The van der Waals surface area contributed by atoms with Gasteiger partial charge in [-0.3, -0.25) is 4.79 Å². The van der Waals surface area contributed by atoms with Crippen LogP contribution in [-0.2, 0) is 9.53 Å². The van der Waals surface area contributed by atoms with Crippen LogP contribution >= 0.6 is 0 Å². The van der Waals surface area contributed by atoms with E-state index in [4.69, 9.17) is 10.5 Å². The highest BCUT2D eigenvalue weighted by Crippen LogP contribution is 2.08. The van der Waals surface area contributed by atoms with Crippen LogP contribution in [0, 0.1) is 0 Å². The van der Waals surface area contributed by atoms with Crippen molar-refractivity contribution in [1.82, 2.24) is 5.32 Å². The lowest BCUT2D eigenvalue weighted by atomic mass is 10.1. The summed E-state index contributed by atoms with van der Waals surface area (Å²) in [5, 5.41) is 2.82. The number of hydrogen-bond donors (Lipinski definition) is 2. The molecular weight excluding hydrogens is 216 g/mol. The molecule has 1 aromatic carbocycles. The quantitative estimate of drug-likeness (QED) is 0.700. The minimum Gasteiger partial charge on any atom is -0.385 e. The summed E-state index contributed by atoms with van der Waals surface area (Å²) >= 11 is 0. The van der Waals surface area contributed by atoms with Crippen molar-refractivity contribution < 1.29 is 9.53 Å². The summed E-state index contributed by atoms with van der Waals surface area (Å²) in [6, 6.07) is 8.78. The van der Waals surface area contributed by atoms with Crippen molar-refractivity contribution in [3.63, 3.8) is 0 Å². The monoisotopic (exact) mass is 236 g/mol. The molecule has 1 atom stereocenters. The maximum absolute atomic E-state index is 11.7. The van der Waals surface area contributed by atoms with Crippen molar-refractivity contribution in [1.29, 1.82) is 0 Å². The zero-order valence-corrected chi connectivity index (χ0v) is 10.2. The number of hydrogen-bond acceptors (Lipinski definition) is 3. The molecule has 0 aliphatic rings. The van der Waals surface area contributed by atoms with Gasteiger partial charge in [-0.15, -0.1) is 0 Å². The predicted molar refractivity (Wildman–Crippen MR) is 67.5 cm³/mol. The van der Waals surface area contributed by atoms with Gasteiger partial charge in [-0.1, -0.05) is 30.3 Å². The van der Waals surface area contributed by atoms with E-state index in [1.54, 1.807) is 7.11 Å². The van der Waals surface area contributed by atoms with Gasteiger partial charge in [0.1, 0.15) is 6.04 Å². The number of rotatable bonds is 7. The topological polar surface area (TPSA) is 64.3 Å². The van der Waals surface area contributed by atoms with Gasteiger partial charge >= 0.3 is 0 Å². The van der Waals surface area contributed by atoms with E-state index in [0.29, 0.717) is 6.54 Å². The maximum Gasteiger partial charge on any atom is 0.241 e. The molecule has 4 nitrogen and oxygen atoms in total. The molecule has 4 heteroatoms. The van der Waals surface area contributed by atoms with Crippen molar-refractivity contribution in [2.45, 2.75) is 18.9 Å². The number of benzene rings is 1. The highest BCUT2D eigenvalue weighted by atomic mass is 16.5. The van der Waals surface area contributed by atoms with Crippen LogP contribution < -0.4 is 11.1 Å². The van der Waals surface area contributed by atoms with E-state index >= 15 is 0 Å². The molecule has 0 saturated heterocycles. The van der Waals surface area contributed by atoms with E-state index in [2.05, 4.69) is 5.32 Å². The molecule has 3 N–H and O–H groups in total. The van der Waals surface area contributed by atoms with Gasteiger partial charge in [0.25, 0.3) is 0 Å². The summed E-state index contributed by atoms with van der Waals surface area (Å²) in [6.07, 6.45) is 1.85. The number of ether oxygens (including phenoxy) is 1. The van der Waals surface area contributed by atoms with Gasteiger partial charge in [0.15, 0.2) is 0 Å². The Balaban J connectivity index is 2.28. The first-order valence-corrected chi connectivity index (χ1v) is 5.83. The number of nitrogens with two attached hydrogens (primary N) is 1. The van der Waals surface area contributed by atoms with E-state index < -0.39 is 6.04 Å². The van der Waals surface area contributed by atoms with Crippen LogP contribution in [-0.4, -0.2) is 26.2 Å². The molecule has 0 saturated carbocycles. The van der Waals surface area contributed by atoms with E-state index in [-0.39, 0.29) is 5.91 Å². The third-order valence-corrected chi connectivity index (χ3v) is 2.52. The molecule has 0 bridgehead atoms.